The van der Waals surface area contributed by atoms with Crippen LogP contribution in [0.25, 0.3) is 12.2 Å². The summed E-state index contributed by atoms with van der Waals surface area (Å²) in [6.45, 7) is 5.62. The summed E-state index contributed by atoms with van der Waals surface area (Å²) in [6, 6.07) is 8.00. The van der Waals surface area contributed by atoms with Crippen LogP contribution in [0.3, 0.4) is 0 Å². The molecule has 0 amide bonds. The van der Waals surface area contributed by atoms with Crippen LogP contribution in [-0.2, 0) is 11.8 Å². The summed E-state index contributed by atoms with van der Waals surface area (Å²) < 4.78 is 2.84. The lowest BCUT2D eigenvalue weighted by Gasteiger charge is -2.12. The Balaban J connectivity index is 2.49. The van der Waals surface area contributed by atoms with Crippen LogP contribution in [0.4, 0.5) is 5.69 Å². The van der Waals surface area contributed by atoms with Crippen molar-refractivity contribution in [2.24, 2.45) is 12.5 Å². The Bertz CT molecular complexity index is 910. The fourth-order valence-electron chi connectivity index (χ4n) is 2.06. The Morgan fingerprint density at radius 1 is 1.17 bits per heavy atom. The summed E-state index contributed by atoms with van der Waals surface area (Å²) in [4.78, 5) is 26.6. The highest BCUT2D eigenvalue weighted by molar-refractivity contribution is 7.07. The number of carbonyl (C=O) groups excluding carboxylic acids is 1. The average Bonchev–Trinajstić information content (AvgIpc) is 2.75. The minimum absolute atomic E-state index is 0.0150. The van der Waals surface area contributed by atoms with Crippen molar-refractivity contribution < 1.29 is 4.79 Å². The number of Topliss-reactive ketones (excluding diaryl/α,β-unsaturated/α-hetero) is 1. The Labute approximate surface area is 146 Å². The summed E-state index contributed by atoms with van der Waals surface area (Å²) in [7, 11) is 5.68. The van der Waals surface area contributed by atoms with Gasteiger partial charge in [-0.25, -0.2) is 0 Å². The fourth-order valence-corrected chi connectivity index (χ4v) is 3.09. The SMILES string of the molecule is CN(C)c1ccc(/C=c2/s/c(=C/C(=O)C(C)(C)C)n(C)c2=O)cc1. The van der Waals surface area contributed by atoms with Gasteiger partial charge in [-0.15, -0.1) is 11.3 Å². The maximum absolute atomic E-state index is 12.4. The van der Waals surface area contributed by atoms with E-state index in [1.54, 1.807) is 13.1 Å². The van der Waals surface area contributed by atoms with Crippen LogP contribution in [0.5, 0.6) is 0 Å². The molecule has 2 aromatic rings. The number of hydrogen-bond donors (Lipinski definition) is 0. The average molecular weight is 344 g/mol. The topological polar surface area (TPSA) is 42.3 Å². The highest BCUT2D eigenvalue weighted by Gasteiger charge is 2.19. The molecule has 0 aliphatic carbocycles. The molecule has 5 heteroatoms. The molecule has 1 aromatic heterocycles. The minimum atomic E-state index is -0.452. The van der Waals surface area contributed by atoms with Crippen molar-refractivity contribution in [2.75, 3.05) is 19.0 Å². The maximum Gasteiger partial charge on any atom is 0.268 e. The van der Waals surface area contributed by atoms with Gasteiger partial charge in [0.2, 0.25) is 0 Å². The molecule has 0 fully saturated rings. The molecule has 0 N–H and O–H groups in total. The lowest BCUT2D eigenvalue weighted by atomic mass is 9.91. The van der Waals surface area contributed by atoms with Crippen molar-refractivity contribution in [3.05, 3.63) is 49.4 Å². The van der Waals surface area contributed by atoms with Gasteiger partial charge in [-0.2, -0.15) is 0 Å². The zero-order valence-corrected chi connectivity index (χ0v) is 15.9. The van der Waals surface area contributed by atoms with Gasteiger partial charge in [-0.1, -0.05) is 32.9 Å². The van der Waals surface area contributed by atoms with Crippen LogP contribution in [0.2, 0.25) is 0 Å². The molecule has 0 saturated carbocycles. The molecule has 1 aromatic carbocycles. The van der Waals surface area contributed by atoms with E-state index in [0.29, 0.717) is 9.20 Å². The standard InChI is InChI=1S/C19H24N2O2S/c1-19(2,3)16(22)12-17-21(6)18(23)15(24-17)11-13-7-9-14(10-8-13)20(4)5/h7-12H,1-6H3/b15-11+,17-12+. The number of carbonyl (C=O) groups is 1. The first-order valence-corrected chi connectivity index (χ1v) is 8.62. The van der Waals surface area contributed by atoms with Crippen LogP contribution in [0.15, 0.2) is 29.1 Å². The van der Waals surface area contributed by atoms with E-state index in [4.69, 9.17) is 0 Å². The van der Waals surface area contributed by atoms with Crippen molar-refractivity contribution in [2.45, 2.75) is 20.8 Å². The Morgan fingerprint density at radius 2 is 1.75 bits per heavy atom. The largest absolute Gasteiger partial charge is 0.378 e. The second-order valence-electron chi connectivity index (χ2n) is 7.06. The molecule has 0 unspecified atom stereocenters. The third kappa shape index (κ3) is 4.03. The van der Waals surface area contributed by atoms with Gasteiger partial charge in [0.1, 0.15) is 4.66 Å². The van der Waals surface area contributed by atoms with Crippen molar-refractivity contribution in [3.8, 4) is 0 Å². The van der Waals surface area contributed by atoms with E-state index in [0.717, 1.165) is 11.3 Å². The van der Waals surface area contributed by atoms with Gasteiger partial charge in [0.15, 0.2) is 5.78 Å². The lowest BCUT2D eigenvalue weighted by molar-refractivity contribution is -0.120. The number of aromatic nitrogens is 1. The Morgan fingerprint density at radius 3 is 2.25 bits per heavy atom. The van der Waals surface area contributed by atoms with Crippen LogP contribution in [0.1, 0.15) is 26.3 Å². The van der Waals surface area contributed by atoms with Crippen LogP contribution in [-0.4, -0.2) is 24.4 Å². The number of rotatable bonds is 3. The van der Waals surface area contributed by atoms with E-state index in [2.05, 4.69) is 0 Å². The molecule has 0 saturated heterocycles. The molecule has 0 radical (unpaired) electrons. The van der Waals surface area contributed by atoms with Gasteiger partial charge in [0.25, 0.3) is 5.56 Å². The van der Waals surface area contributed by atoms with Gasteiger partial charge >= 0.3 is 0 Å². The summed E-state index contributed by atoms with van der Waals surface area (Å²) in [5.74, 6) is 0.0150. The first-order chi connectivity index (χ1) is 11.1. The first kappa shape index (κ1) is 18.2. The molecule has 2 rings (SSSR count). The summed E-state index contributed by atoms with van der Waals surface area (Å²) in [5.41, 5.74) is 1.54. The van der Waals surface area contributed by atoms with Crippen LogP contribution < -0.4 is 19.7 Å². The second kappa shape index (κ2) is 6.77. The predicted molar refractivity (Wildman–Crippen MR) is 102 cm³/mol. The zero-order valence-electron chi connectivity index (χ0n) is 15.1. The molecule has 24 heavy (non-hydrogen) atoms. The van der Waals surface area contributed by atoms with Crippen molar-refractivity contribution in [3.63, 3.8) is 0 Å². The molecule has 128 valence electrons. The molecular formula is C19H24N2O2S. The first-order valence-electron chi connectivity index (χ1n) is 7.81. The summed E-state index contributed by atoms with van der Waals surface area (Å²) in [5, 5.41) is 0. The highest BCUT2D eigenvalue weighted by Crippen LogP contribution is 2.15. The molecular weight excluding hydrogens is 320 g/mol. The third-order valence-corrected chi connectivity index (χ3v) is 4.87. The third-order valence-electron chi connectivity index (χ3n) is 3.76. The summed E-state index contributed by atoms with van der Waals surface area (Å²) in [6.07, 6.45) is 3.43. The predicted octanol–water partition coefficient (Wildman–Crippen LogP) is 1.74. The summed E-state index contributed by atoms with van der Waals surface area (Å²) >= 11 is 1.34. The number of anilines is 1. The molecule has 0 bridgehead atoms. The molecule has 0 aliphatic heterocycles. The van der Waals surface area contributed by atoms with Gasteiger partial charge < -0.3 is 9.47 Å². The van der Waals surface area contributed by atoms with Crippen molar-refractivity contribution in [1.29, 1.82) is 0 Å². The second-order valence-corrected chi connectivity index (χ2v) is 8.12. The molecule has 0 aliphatic rings. The van der Waals surface area contributed by atoms with E-state index in [1.807, 2.05) is 70.1 Å². The minimum Gasteiger partial charge on any atom is -0.378 e. The molecule has 1 heterocycles. The Hall–Kier alpha value is -2.14. The number of nitrogens with zero attached hydrogens (tertiary/aromatic N) is 2. The van der Waals surface area contributed by atoms with Crippen molar-refractivity contribution in [1.82, 2.24) is 4.57 Å². The highest BCUT2D eigenvalue weighted by atomic mass is 32.1. The fraction of sp³-hybridized carbons (Fsp3) is 0.368. The number of hydrogen-bond acceptors (Lipinski definition) is 4. The van der Waals surface area contributed by atoms with Crippen molar-refractivity contribution >= 4 is 35.0 Å². The Kier molecular flexibility index (Phi) is 5.13. The quantitative estimate of drug-likeness (QED) is 0.852. The van der Waals surface area contributed by atoms with Gasteiger partial charge in [-0.3, -0.25) is 9.59 Å². The monoisotopic (exact) mass is 344 g/mol. The van der Waals surface area contributed by atoms with E-state index < -0.39 is 5.41 Å². The van der Waals surface area contributed by atoms with E-state index >= 15 is 0 Å². The molecule has 0 atom stereocenters. The lowest BCUT2D eigenvalue weighted by Crippen LogP contribution is -2.30. The zero-order chi connectivity index (χ0) is 18.1. The molecule has 0 spiro atoms. The van der Waals surface area contributed by atoms with E-state index in [-0.39, 0.29) is 11.3 Å². The van der Waals surface area contributed by atoms with Gasteiger partial charge in [-0.05, 0) is 23.8 Å². The smallest absolute Gasteiger partial charge is 0.268 e. The van der Waals surface area contributed by atoms with Gasteiger partial charge in [0, 0.05) is 38.3 Å². The number of thiazole rings is 1. The van der Waals surface area contributed by atoms with Gasteiger partial charge in [0.05, 0.1) is 4.53 Å². The van der Waals surface area contributed by atoms with Crippen LogP contribution >= 0.6 is 11.3 Å². The number of benzene rings is 1. The van der Waals surface area contributed by atoms with E-state index in [9.17, 15) is 9.59 Å². The maximum atomic E-state index is 12.4. The number of ketones is 1. The van der Waals surface area contributed by atoms with E-state index in [1.165, 1.54) is 15.9 Å². The molecule has 4 nitrogen and oxygen atoms in total. The van der Waals surface area contributed by atoms with Crippen LogP contribution in [0, 0.1) is 5.41 Å². The normalized spacial score (nSPS) is 13.4.